The van der Waals surface area contributed by atoms with Crippen LogP contribution in [0.4, 0.5) is 5.13 Å². The molecular weight excluding hydrogens is 362 g/mol. The summed E-state index contributed by atoms with van der Waals surface area (Å²) in [6.07, 6.45) is -0.684. The summed E-state index contributed by atoms with van der Waals surface area (Å²) in [5.41, 5.74) is 2.14. The molecule has 0 bridgehead atoms. The van der Waals surface area contributed by atoms with E-state index in [1.807, 2.05) is 32.0 Å². The van der Waals surface area contributed by atoms with Crippen LogP contribution in [0.5, 0.6) is 5.75 Å². The predicted octanol–water partition coefficient (Wildman–Crippen LogP) is 2.83. The van der Waals surface area contributed by atoms with Crippen LogP contribution in [0.15, 0.2) is 22.5 Å². The van der Waals surface area contributed by atoms with Crippen molar-refractivity contribution in [3.63, 3.8) is 0 Å². The first kappa shape index (κ1) is 19.2. The van der Waals surface area contributed by atoms with Gasteiger partial charge in [0.15, 0.2) is 10.4 Å². The maximum Gasteiger partial charge on any atom is 0.316 e. The number of carbonyl (C=O) groups is 2. The summed E-state index contributed by atoms with van der Waals surface area (Å²) >= 11 is 2.39. The Hall–Kier alpha value is -2.13. The van der Waals surface area contributed by atoms with Crippen LogP contribution >= 0.6 is 23.1 Å². The fourth-order valence-electron chi connectivity index (χ4n) is 1.96. The molecule has 9 heteroatoms. The van der Waals surface area contributed by atoms with Crippen LogP contribution in [0.3, 0.4) is 0 Å². The van der Waals surface area contributed by atoms with Crippen LogP contribution in [0.1, 0.15) is 18.1 Å². The molecule has 0 aliphatic rings. The molecule has 0 saturated heterocycles. The summed E-state index contributed by atoms with van der Waals surface area (Å²) in [4.78, 5) is 23.3. The Balaban J connectivity index is 1.90. The molecule has 0 spiro atoms. The van der Waals surface area contributed by atoms with Crippen LogP contribution in [-0.4, -0.2) is 41.0 Å². The number of aromatic nitrogens is 2. The molecule has 25 heavy (non-hydrogen) atoms. The van der Waals surface area contributed by atoms with E-state index in [0.29, 0.717) is 15.2 Å². The fourth-order valence-corrected chi connectivity index (χ4v) is 3.55. The maximum absolute atomic E-state index is 12.2. The van der Waals surface area contributed by atoms with Gasteiger partial charge in [-0.3, -0.25) is 14.9 Å². The van der Waals surface area contributed by atoms with E-state index < -0.39 is 6.10 Å². The molecule has 1 atom stereocenters. The topological polar surface area (TPSA) is 90.4 Å². The van der Waals surface area contributed by atoms with Crippen LogP contribution in [0.2, 0.25) is 0 Å². The zero-order chi connectivity index (χ0) is 18.4. The lowest BCUT2D eigenvalue weighted by Gasteiger charge is -2.14. The van der Waals surface area contributed by atoms with E-state index in [4.69, 9.17) is 4.74 Å². The Bertz CT molecular complexity index is 743. The average Bonchev–Trinajstić information content (AvgIpc) is 2.98. The van der Waals surface area contributed by atoms with Gasteiger partial charge in [-0.1, -0.05) is 29.2 Å². The fraction of sp³-hybridized carbons (Fsp3) is 0.375. The minimum Gasteiger partial charge on any atom is -0.481 e. The third-order valence-corrected chi connectivity index (χ3v) is 5.00. The molecule has 0 radical (unpaired) electrons. The lowest BCUT2D eigenvalue weighted by Crippen LogP contribution is -2.30. The zero-order valence-electron chi connectivity index (χ0n) is 14.4. The molecular formula is C16H19N3O4S2. The van der Waals surface area contributed by atoms with E-state index in [9.17, 15) is 9.59 Å². The number of benzene rings is 1. The van der Waals surface area contributed by atoms with Gasteiger partial charge >= 0.3 is 5.97 Å². The first-order valence-electron chi connectivity index (χ1n) is 7.46. The van der Waals surface area contributed by atoms with Crippen LogP contribution < -0.4 is 10.1 Å². The van der Waals surface area contributed by atoms with Gasteiger partial charge in [0.1, 0.15) is 5.75 Å². The quantitative estimate of drug-likeness (QED) is 0.448. The van der Waals surface area contributed by atoms with E-state index in [-0.39, 0.29) is 17.6 Å². The van der Waals surface area contributed by atoms with Crippen LogP contribution in [0.25, 0.3) is 0 Å². The van der Waals surface area contributed by atoms with Crippen molar-refractivity contribution in [1.82, 2.24) is 10.2 Å². The first-order valence-corrected chi connectivity index (χ1v) is 9.26. The van der Waals surface area contributed by atoms with Gasteiger partial charge in [0.25, 0.3) is 5.91 Å². The second kappa shape index (κ2) is 8.82. The number of esters is 1. The number of methoxy groups -OCH3 is 1. The number of nitrogens with zero attached hydrogens (tertiary/aromatic N) is 2. The zero-order valence-corrected chi connectivity index (χ0v) is 16.0. The van der Waals surface area contributed by atoms with Gasteiger partial charge in [-0.15, -0.1) is 10.2 Å². The third kappa shape index (κ3) is 6.02. The lowest BCUT2D eigenvalue weighted by molar-refractivity contribution is -0.137. The van der Waals surface area contributed by atoms with E-state index in [1.165, 1.54) is 30.2 Å². The summed E-state index contributed by atoms with van der Waals surface area (Å²) in [5.74, 6) is 0.124. The molecule has 1 unspecified atom stereocenters. The predicted molar refractivity (Wildman–Crippen MR) is 97.3 cm³/mol. The second-order valence-electron chi connectivity index (χ2n) is 5.31. The van der Waals surface area contributed by atoms with E-state index >= 15 is 0 Å². The normalized spacial score (nSPS) is 11.7. The number of anilines is 1. The van der Waals surface area contributed by atoms with E-state index in [1.54, 1.807) is 6.92 Å². The lowest BCUT2D eigenvalue weighted by atomic mass is 10.1. The van der Waals surface area contributed by atoms with Gasteiger partial charge in [-0.05, 0) is 44.0 Å². The van der Waals surface area contributed by atoms with E-state index in [2.05, 4.69) is 20.3 Å². The first-order chi connectivity index (χ1) is 11.9. The number of ether oxygens (including phenoxy) is 2. The highest BCUT2D eigenvalue weighted by atomic mass is 32.2. The van der Waals surface area contributed by atoms with Crippen molar-refractivity contribution in [2.45, 2.75) is 31.2 Å². The Morgan fingerprint density at radius 3 is 2.56 bits per heavy atom. The van der Waals surface area contributed by atoms with Gasteiger partial charge in [0.2, 0.25) is 5.13 Å². The van der Waals surface area contributed by atoms with Gasteiger partial charge in [-0.25, -0.2) is 0 Å². The molecule has 1 amide bonds. The molecule has 1 N–H and O–H groups in total. The summed E-state index contributed by atoms with van der Waals surface area (Å²) in [5, 5.41) is 10.8. The number of rotatable bonds is 7. The molecule has 1 heterocycles. The number of hydrogen-bond acceptors (Lipinski definition) is 8. The van der Waals surface area contributed by atoms with Crippen molar-refractivity contribution in [1.29, 1.82) is 0 Å². The molecule has 0 fully saturated rings. The largest absolute Gasteiger partial charge is 0.481 e. The SMILES string of the molecule is COC(=O)CSc1nnc(NC(=O)C(C)Oc2cc(C)cc(C)c2)s1. The number of nitrogens with one attached hydrogen (secondary N) is 1. The Kier molecular flexibility index (Phi) is 6.77. The maximum atomic E-state index is 12.2. The molecule has 1 aromatic carbocycles. The van der Waals surface area contributed by atoms with Crippen molar-refractivity contribution in [3.05, 3.63) is 29.3 Å². The van der Waals surface area contributed by atoms with Gasteiger partial charge in [0.05, 0.1) is 12.9 Å². The number of amides is 1. The second-order valence-corrected chi connectivity index (χ2v) is 7.51. The Morgan fingerprint density at radius 1 is 1.24 bits per heavy atom. The Morgan fingerprint density at radius 2 is 1.92 bits per heavy atom. The minimum atomic E-state index is -0.684. The summed E-state index contributed by atoms with van der Waals surface area (Å²) < 4.78 is 10.8. The highest BCUT2D eigenvalue weighted by Crippen LogP contribution is 2.25. The highest BCUT2D eigenvalue weighted by molar-refractivity contribution is 8.01. The van der Waals surface area contributed by atoms with Crippen molar-refractivity contribution < 1.29 is 19.1 Å². The Labute approximate surface area is 154 Å². The van der Waals surface area contributed by atoms with Crippen molar-refractivity contribution >= 4 is 40.1 Å². The number of carbonyl (C=O) groups excluding carboxylic acids is 2. The van der Waals surface area contributed by atoms with Crippen molar-refractivity contribution in [2.24, 2.45) is 0 Å². The number of aryl methyl sites for hydroxylation is 2. The number of thioether (sulfide) groups is 1. The van der Waals surface area contributed by atoms with Gasteiger partial charge < -0.3 is 9.47 Å². The number of hydrogen-bond donors (Lipinski definition) is 1. The van der Waals surface area contributed by atoms with Crippen molar-refractivity contribution in [3.8, 4) is 5.75 Å². The van der Waals surface area contributed by atoms with Crippen LogP contribution in [-0.2, 0) is 14.3 Å². The molecule has 2 rings (SSSR count). The van der Waals surface area contributed by atoms with Crippen LogP contribution in [0, 0.1) is 13.8 Å². The molecule has 0 saturated carbocycles. The molecule has 7 nitrogen and oxygen atoms in total. The molecule has 0 aliphatic carbocycles. The van der Waals surface area contributed by atoms with E-state index in [0.717, 1.165) is 11.1 Å². The summed E-state index contributed by atoms with van der Waals surface area (Å²) in [6, 6.07) is 5.79. The van der Waals surface area contributed by atoms with Gasteiger partial charge in [0, 0.05) is 0 Å². The third-order valence-electron chi connectivity index (χ3n) is 3.06. The smallest absolute Gasteiger partial charge is 0.316 e. The molecule has 0 aliphatic heterocycles. The molecule has 1 aromatic heterocycles. The summed E-state index contributed by atoms with van der Waals surface area (Å²) in [7, 11) is 1.33. The minimum absolute atomic E-state index is 0.144. The standard InChI is InChI=1S/C16H19N3O4S2/c1-9-5-10(2)7-12(6-9)23-11(3)14(21)17-15-18-19-16(25-15)24-8-13(20)22-4/h5-7,11H,8H2,1-4H3,(H,17,18,21). The average molecular weight is 381 g/mol. The van der Waals surface area contributed by atoms with Gasteiger partial charge in [-0.2, -0.15) is 0 Å². The monoisotopic (exact) mass is 381 g/mol. The van der Waals surface area contributed by atoms with Crippen molar-refractivity contribution in [2.75, 3.05) is 18.2 Å². The molecule has 134 valence electrons. The molecule has 2 aromatic rings. The highest BCUT2D eigenvalue weighted by Gasteiger charge is 2.17. The summed E-state index contributed by atoms with van der Waals surface area (Å²) in [6.45, 7) is 5.61.